The summed E-state index contributed by atoms with van der Waals surface area (Å²) in [5.74, 6) is -1.20. The number of carbonyl (C=O) groups is 3. The van der Waals surface area contributed by atoms with Gasteiger partial charge in [0.1, 0.15) is 0 Å². The first-order valence-corrected chi connectivity index (χ1v) is 8.64. The monoisotopic (exact) mass is 352 g/mol. The van der Waals surface area contributed by atoms with Gasteiger partial charge in [-0.2, -0.15) is 0 Å². The Morgan fingerprint density at radius 1 is 0.923 bits per heavy atom. The standard InChI is InChI=1S/C21H24N2O3/c1-14(2)12-19(16-8-5-4-6-9-16)23-21(26)20(25)22-18-11-7-10-17(13-18)15(3)24/h4-11,13-14,19H,12H2,1-3H3,(H,22,25)(H,23,26)/t19-/m0/s1. The van der Waals surface area contributed by atoms with Crippen LogP contribution in [0.15, 0.2) is 54.6 Å². The van der Waals surface area contributed by atoms with Crippen LogP contribution in [0.3, 0.4) is 0 Å². The number of rotatable bonds is 6. The van der Waals surface area contributed by atoms with Crippen LogP contribution in [0.5, 0.6) is 0 Å². The molecule has 0 bridgehead atoms. The lowest BCUT2D eigenvalue weighted by molar-refractivity contribution is -0.136. The molecule has 0 saturated heterocycles. The van der Waals surface area contributed by atoms with E-state index in [2.05, 4.69) is 24.5 Å². The summed E-state index contributed by atoms with van der Waals surface area (Å²) in [4.78, 5) is 36.0. The first-order valence-electron chi connectivity index (χ1n) is 8.64. The Balaban J connectivity index is 2.07. The predicted molar refractivity (Wildman–Crippen MR) is 102 cm³/mol. The Hall–Kier alpha value is -2.95. The van der Waals surface area contributed by atoms with E-state index in [-0.39, 0.29) is 11.8 Å². The van der Waals surface area contributed by atoms with Crippen molar-refractivity contribution in [2.24, 2.45) is 5.92 Å². The van der Waals surface area contributed by atoms with Gasteiger partial charge >= 0.3 is 11.8 Å². The molecule has 0 fully saturated rings. The molecular weight excluding hydrogens is 328 g/mol. The Morgan fingerprint density at radius 3 is 2.23 bits per heavy atom. The van der Waals surface area contributed by atoms with Crippen molar-refractivity contribution >= 4 is 23.3 Å². The molecule has 2 aromatic carbocycles. The van der Waals surface area contributed by atoms with Crippen LogP contribution in [0.4, 0.5) is 5.69 Å². The highest BCUT2D eigenvalue weighted by molar-refractivity contribution is 6.39. The molecule has 1 atom stereocenters. The maximum Gasteiger partial charge on any atom is 0.313 e. The van der Waals surface area contributed by atoms with E-state index in [1.807, 2.05) is 30.3 Å². The fourth-order valence-electron chi connectivity index (χ4n) is 2.66. The maximum atomic E-state index is 12.3. The zero-order valence-electron chi connectivity index (χ0n) is 15.3. The molecule has 26 heavy (non-hydrogen) atoms. The summed E-state index contributed by atoms with van der Waals surface area (Å²) in [6.07, 6.45) is 0.725. The second-order valence-corrected chi connectivity index (χ2v) is 6.66. The van der Waals surface area contributed by atoms with Gasteiger partial charge in [-0.25, -0.2) is 0 Å². The topological polar surface area (TPSA) is 75.3 Å². The number of benzene rings is 2. The van der Waals surface area contributed by atoms with Gasteiger partial charge in [0.15, 0.2) is 5.78 Å². The summed E-state index contributed by atoms with van der Waals surface area (Å²) >= 11 is 0. The third-order valence-electron chi connectivity index (χ3n) is 3.95. The van der Waals surface area contributed by atoms with Crippen LogP contribution in [0.1, 0.15) is 49.2 Å². The summed E-state index contributed by atoms with van der Waals surface area (Å²) in [6, 6.07) is 15.9. The van der Waals surface area contributed by atoms with Gasteiger partial charge in [0, 0.05) is 11.3 Å². The molecule has 0 aromatic heterocycles. The van der Waals surface area contributed by atoms with E-state index in [1.165, 1.54) is 6.92 Å². The smallest absolute Gasteiger partial charge is 0.313 e. The average molecular weight is 352 g/mol. The van der Waals surface area contributed by atoms with Gasteiger partial charge in [0.2, 0.25) is 0 Å². The number of carbonyl (C=O) groups excluding carboxylic acids is 3. The highest BCUT2D eigenvalue weighted by Gasteiger charge is 2.21. The average Bonchev–Trinajstić information content (AvgIpc) is 2.61. The zero-order chi connectivity index (χ0) is 19.1. The van der Waals surface area contributed by atoms with Gasteiger partial charge in [0.05, 0.1) is 6.04 Å². The lowest BCUT2D eigenvalue weighted by atomic mass is 9.97. The molecule has 136 valence electrons. The summed E-state index contributed by atoms with van der Waals surface area (Å²) in [7, 11) is 0. The van der Waals surface area contributed by atoms with Crippen LogP contribution >= 0.6 is 0 Å². The maximum absolute atomic E-state index is 12.3. The number of amides is 2. The van der Waals surface area contributed by atoms with Gasteiger partial charge in [-0.1, -0.05) is 56.3 Å². The van der Waals surface area contributed by atoms with Gasteiger partial charge in [0.25, 0.3) is 0 Å². The molecule has 5 nitrogen and oxygen atoms in total. The Bertz CT molecular complexity index is 785. The minimum absolute atomic E-state index is 0.105. The van der Waals surface area contributed by atoms with Gasteiger partial charge in [-0.3, -0.25) is 14.4 Å². The highest BCUT2D eigenvalue weighted by atomic mass is 16.2. The summed E-state index contributed by atoms with van der Waals surface area (Å²) in [6.45, 7) is 5.58. The fraction of sp³-hybridized carbons (Fsp3) is 0.286. The van der Waals surface area contributed by atoms with Crippen molar-refractivity contribution in [2.45, 2.75) is 33.2 Å². The minimum atomic E-state index is -0.754. The van der Waals surface area contributed by atoms with Gasteiger partial charge in [-0.15, -0.1) is 0 Å². The first-order chi connectivity index (χ1) is 12.4. The number of anilines is 1. The van der Waals surface area contributed by atoms with E-state index in [9.17, 15) is 14.4 Å². The van der Waals surface area contributed by atoms with E-state index >= 15 is 0 Å². The molecule has 5 heteroatoms. The van der Waals surface area contributed by atoms with E-state index in [0.717, 1.165) is 12.0 Å². The molecule has 0 aliphatic rings. The number of Topliss-reactive ketones (excluding diaryl/α,β-unsaturated/α-hetero) is 1. The second-order valence-electron chi connectivity index (χ2n) is 6.66. The third-order valence-corrected chi connectivity index (χ3v) is 3.95. The Labute approximate surface area is 153 Å². The molecule has 2 aromatic rings. The molecular formula is C21H24N2O3. The summed E-state index contributed by atoms with van der Waals surface area (Å²) in [5.41, 5.74) is 1.85. The van der Waals surface area contributed by atoms with E-state index in [0.29, 0.717) is 17.2 Å². The van der Waals surface area contributed by atoms with Crippen molar-refractivity contribution in [3.63, 3.8) is 0 Å². The van der Waals surface area contributed by atoms with Crippen LogP contribution in [0.25, 0.3) is 0 Å². The summed E-state index contributed by atoms with van der Waals surface area (Å²) in [5, 5.41) is 5.35. The van der Waals surface area contributed by atoms with Crippen molar-refractivity contribution in [1.29, 1.82) is 0 Å². The molecule has 0 saturated carbocycles. The zero-order valence-corrected chi connectivity index (χ0v) is 15.3. The lowest BCUT2D eigenvalue weighted by Crippen LogP contribution is -2.38. The second kappa shape index (κ2) is 8.94. The van der Waals surface area contributed by atoms with Gasteiger partial charge < -0.3 is 10.6 Å². The van der Waals surface area contributed by atoms with Crippen LogP contribution < -0.4 is 10.6 Å². The molecule has 0 unspecified atom stereocenters. The quantitative estimate of drug-likeness (QED) is 0.614. The van der Waals surface area contributed by atoms with E-state index in [4.69, 9.17) is 0 Å². The van der Waals surface area contributed by atoms with Crippen molar-refractivity contribution in [3.05, 3.63) is 65.7 Å². The lowest BCUT2D eigenvalue weighted by Gasteiger charge is -2.21. The van der Waals surface area contributed by atoms with Gasteiger partial charge in [-0.05, 0) is 37.0 Å². The van der Waals surface area contributed by atoms with Crippen molar-refractivity contribution < 1.29 is 14.4 Å². The Kier molecular flexibility index (Phi) is 6.67. The largest absolute Gasteiger partial charge is 0.341 e. The fourth-order valence-corrected chi connectivity index (χ4v) is 2.66. The SMILES string of the molecule is CC(=O)c1cccc(NC(=O)C(=O)N[C@@H](CC(C)C)c2ccccc2)c1. The molecule has 0 aliphatic heterocycles. The van der Waals surface area contributed by atoms with Crippen molar-refractivity contribution in [3.8, 4) is 0 Å². The molecule has 0 heterocycles. The van der Waals surface area contributed by atoms with Crippen LogP contribution in [0, 0.1) is 5.92 Å². The minimum Gasteiger partial charge on any atom is -0.341 e. The molecule has 2 N–H and O–H groups in total. The molecule has 0 radical (unpaired) electrons. The normalized spacial score (nSPS) is 11.7. The highest BCUT2D eigenvalue weighted by Crippen LogP contribution is 2.21. The molecule has 0 aliphatic carbocycles. The molecule has 2 rings (SSSR count). The van der Waals surface area contributed by atoms with Crippen molar-refractivity contribution in [2.75, 3.05) is 5.32 Å². The third kappa shape index (κ3) is 5.55. The number of nitrogens with one attached hydrogen (secondary N) is 2. The van der Waals surface area contributed by atoms with Crippen LogP contribution in [0.2, 0.25) is 0 Å². The number of hydrogen-bond acceptors (Lipinski definition) is 3. The van der Waals surface area contributed by atoms with Crippen LogP contribution in [-0.2, 0) is 9.59 Å². The van der Waals surface area contributed by atoms with E-state index in [1.54, 1.807) is 24.3 Å². The number of hydrogen-bond donors (Lipinski definition) is 2. The molecule has 0 spiro atoms. The predicted octanol–water partition coefficient (Wildman–Crippen LogP) is 3.73. The molecule has 2 amide bonds. The number of ketones is 1. The Morgan fingerprint density at radius 2 is 1.62 bits per heavy atom. The van der Waals surface area contributed by atoms with Crippen molar-refractivity contribution in [1.82, 2.24) is 5.32 Å². The first kappa shape index (κ1) is 19.4. The van der Waals surface area contributed by atoms with E-state index < -0.39 is 11.8 Å². The summed E-state index contributed by atoms with van der Waals surface area (Å²) < 4.78 is 0. The van der Waals surface area contributed by atoms with Crippen LogP contribution in [-0.4, -0.2) is 17.6 Å².